The minimum absolute atomic E-state index is 0.600. The van der Waals surface area contributed by atoms with Gasteiger partial charge >= 0.3 is 0 Å². The van der Waals surface area contributed by atoms with Crippen molar-refractivity contribution in [3.8, 4) is 0 Å². The van der Waals surface area contributed by atoms with Crippen molar-refractivity contribution in [3.05, 3.63) is 23.8 Å². The second-order valence-electron chi connectivity index (χ2n) is 4.70. The lowest BCUT2D eigenvalue weighted by molar-refractivity contribution is -0.105. The number of amides is 1. The molecular formula is C13H16N4O. The molecule has 1 aromatic carbocycles. The number of hydrogen-bond acceptors (Lipinski definition) is 3. The SMILES string of the molecule is O=CNc1n[nH]c2ccc(CN3CCCC3)cc12. The molecule has 0 spiro atoms. The highest BCUT2D eigenvalue weighted by molar-refractivity contribution is 5.93. The van der Waals surface area contributed by atoms with E-state index >= 15 is 0 Å². The van der Waals surface area contributed by atoms with Crippen LogP contribution < -0.4 is 5.32 Å². The fourth-order valence-electron chi connectivity index (χ4n) is 2.52. The molecule has 0 saturated carbocycles. The molecule has 0 bridgehead atoms. The lowest BCUT2D eigenvalue weighted by atomic mass is 10.1. The number of rotatable bonds is 4. The number of hydrogen-bond donors (Lipinski definition) is 2. The van der Waals surface area contributed by atoms with E-state index in [1.54, 1.807) is 0 Å². The molecule has 1 aliphatic heterocycles. The monoisotopic (exact) mass is 244 g/mol. The van der Waals surface area contributed by atoms with E-state index in [0.29, 0.717) is 12.2 Å². The summed E-state index contributed by atoms with van der Waals surface area (Å²) in [4.78, 5) is 13.0. The first-order valence-electron chi connectivity index (χ1n) is 6.26. The van der Waals surface area contributed by atoms with Crippen molar-refractivity contribution < 1.29 is 4.79 Å². The number of fused-ring (bicyclic) bond motifs is 1. The fourth-order valence-corrected chi connectivity index (χ4v) is 2.52. The normalized spacial score (nSPS) is 16.2. The summed E-state index contributed by atoms with van der Waals surface area (Å²) in [7, 11) is 0. The number of carbonyl (C=O) groups excluding carboxylic acids is 1. The molecule has 3 rings (SSSR count). The summed E-state index contributed by atoms with van der Waals surface area (Å²) in [6, 6.07) is 6.23. The Balaban J connectivity index is 1.88. The van der Waals surface area contributed by atoms with Crippen LogP contribution in [-0.4, -0.2) is 34.6 Å². The summed E-state index contributed by atoms with van der Waals surface area (Å²) >= 11 is 0. The van der Waals surface area contributed by atoms with E-state index < -0.39 is 0 Å². The number of anilines is 1. The number of aromatic amines is 1. The van der Waals surface area contributed by atoms with Gasteiger partial charge in [0.05, 0.1) is 5.52 Å². The first-order chi connectivity index (χ1) is 8.86. The topological polar surface area (TPSA) is 61.0 Å². The maximum atomic E-state index is 10.5. The number of aromatic nitrogens is 2. The number of benzene rings is 1. The van der Waals surface area contributed by atoms with Crippen LogP contribution in [0.1, 0.15) is 18.4 Å². The highest BCUT2D eigenvalue weighted by Gasteiger charge is 2.12. The molecule has 2 N–H and O–H groups in total. The zero-order valence-corrected chi connectivity index (χ0v) is 10.1. The third-order valence-corrected chi connectivity index (χ3v) is 3.43. The van der Waals surface area contributed by atoms with E-state index in [-0.39, 0.29) is 0 Å². The van der Waals surface area contributed by atoms with Crippen LogP contribution in [0.25, 0.3) is 10.9 Å². The molecule has 5 heteroatoms. The molecule has 1 aromatic heterocycles. The number of likely N-dealkylation sites (tertiary alicyclic amines) is 1. The quantitative estimate of drug-likeness (QED) is 0.805. The molecule has 2 aromatic rings. The second-order valence-corrected chi connectivity index (χ2v) is 4.70. The minimum atomic E-state index is 0.600. The second kappa shape index (κ2) is 4.78. The Morgan fingerprint density at radius 3 is 3.00 bits per heavy atom. The number of carbonyl (C=O) groups is 1. The van der Waals surface area contributed by atoms with Gasteiger partial charge in [0.25, 0.3) is 0 Å². The Kier molecular flexibility index (Phi) is 2.98. The van der Waals surface area contributed by atoms with Gasteiger partial charge in [-0.2, -0.15) is 5.10 Å². The summed E-state index contributed by atoms with van der Waals surface area (Å²) in [5.74, 6) is 0.600. The first-order valence-corrected chi connectivity index (χ1v) is 6.26. The van der Waals surface area contributed by atoms with Gasteiger partial charge in [-0.15, -0.1) is 0 Å². The van der Waals surface area contributed by atoms with Crippen molar-refractivity contribution in [1.82, 2.24) is 15.1 Å². The Labute approximate surface area is 105 Å². The molecule has 1 amide bonds. The van der Waals surface area contributed by atoms with Gasteiger partial charge in [0, 0.05) is 11.9 Å². The minimum Gasteiger partial charge on any atom is -0.311 e. The zero-order chi connectivity index (χ0) is 12.4. The number of H-pyrrole nitrogens is 1. The molecule has 0 aliphatic carbocycles. The van der Waals surface area contributed by atoms with Gasteiger partial charge in [0.2, 0.25) is 6.41 Å². The van der Waals surface area contributed by atoms with Crippen LogP contribution in [0.4, 0.5) is 5.82 Å². The summed E-state index contributed by atoms with van der Waals surface area (Å²) in [6.45, 7) is 3.34. The van der Waals surface area contributed by atoms with Crippen molar-refractivity contribution in [1.29, 1.82) is 0 Å². The van der Waals surface area contributed by atoms with Gasteiger partial charge in [-0.1, -0.05) is 6.07 Å². The van der Waals surface area contributed by atoms with Crippen molar-refractivity contribution in [3.63, 3.8) is 0 Å². The van der Waals surface area contributed by atoms with Gasteiger partial charge in [-0.05, 0) is 43.6 Å². The van der Waals surface area contributed by atoms with Gasteiger partial charge in [0.1, 0.15) is 0 Å². The highest BCUT2D eigenvalue weighted by Crippen LogP contribution is 2.22. The molecule has 0 atom stereocenters. The van der Waals surface area contributed by atoms with Crippen LogP contribution in [0.15, 0.2) is 18.2 Å². The summed E-state index contributed by atoms with van der Waals surface area (Å²) in [6.07, 6.45) is 3.25. The van der Waals surface area contributed by atoms with E-state index in [1.165, 1.54) is 31.5 Å². The Morgan fingerprint density at radius 2 is 2.22 bits per heavy atom. The fraction of sp³-hybridized carbons (Fsp3) is 0.385. The van der Waals surface area contributed by atoms with Gasteiger partial charge < -0.3 is 5.32 Å². The van der Waals surface area contributed by atoms with Gasteiger partial charge in [0.15, 0.2) is 5.82 Å². The van der Waals surface area contributed by atoms with E-state index in [4.69, 9.17) is 0 Å². The first kappa shape index (κ1) is 11.2. The Morgan fingerprint density at radius 1 is 1.39 bits per heavy atom. The lowest BCUT2D eigenvalue weighted by Gasteiger charge is -2.14. The largest absolute Gasteiger partial charge is 0.311 e. The van der Waals surface area contributed by atoms with E-state index in [0.717, 1.165) is 17.4 Å². The third kappa shape index (κ3) is 2.09. The smallest absolute Gasteiger partial charge is 0.212 e. The Hall–Kier alpha value is -1.88. The Bertz CT molecular complexity index is 557. The van der Waals surface area contributed by atoms with Crippen molar-refractivity contribution in [2.24, 2.45) is 0 Å². The molecule has 18 heavy (non-hydrogen) atoms. The van der Waals surface area contributed by atoms with Crippen LogP contribution in [0.3, 0.4) is 0 Å². The average molecular weight is 244 g/mol. The molecule has 94 valence electrons. The van der Waals surface area contributed by atoms with E-state index in [2.05, 4.69) is 32.5 Å². The predicted molar refractivity (Wildman–Crippen MR) is 70.3 cm³/mol. The van der Waals surface area contributed by atoms with Crippen LogP contribution >= 0.6 is 0 Å². The van der Waals surface area contributed by atoms with Crippen molar-refractivity contribution in [2.75, 3.05) is 18.4 Å². The zero-order valence-electron chi connectivity index (χ0n) is 10.1. The third-order valence-electron chi connectivity index (χ3n) is 3.43. The molecule has 1 fully saturated rings. The van der Waals surface area contributed by atoms with Crippen LogP contribution in [0, 0.1) is 0 Å². The lowest BCUT2D eigenvalue weighted by Crippen LogP contribution is -2.18. The van der Waals surface area contributed by atoms with E-state index in [1.807, 2.05) is 6.07 Å². The van der Waals surface area contributed by atoms with Crippen LogP contribution in [-0.2, 0) is 11.3 Å². The van der Waals surface area contributed by atoms with Crippen molar-refractivity contribution >= 4 is 23.1 Å². The summed E-state index contributed by atoms with van der Waals surface area (Å²) < 4.78 is 0. The number of nitrogens with one attached hydrogen (secondary N) is 2. The summed E-state index contributed by atoms with van der Waals surface area (Å²) in [5.41, 5.74) is 2.21. The summed E-state index contributed by atoms with van der Waals surface area (Å²) in [5, 5.41) is 10.6. The molecule has 5 nitrogen and oxygen atoms in total. The predicted octanol–water partition coefficient (Wildman–Crippen LogP) is 1.73. The van der Waals surface area contributed by atoms with Crippen LogP contribution in [0.5, 0.6) is 0 Å². The molecule has 1 saturated heterocycles. The molecule has 2 heterocycles. The highest BCUT2D eigenvalue weighted by atomic mass is 16.1. The average Bonchev–Trinajstić information content (AvgIpc) is 3.00. The maximum Gasteiger partial charge on any atom is 0.212 e. The molecule has 1 aliphatic rings. The van der Waals surface area contributed by atoms with Crippen molar-refractivity contribution in [2.45, 2.75) is 19.4 Å². The molecule has 0 radical (unpaired) electrons. The molecular weight excluding hydrogens is 228 g/mol. The maximum absolute atomic E-state index is 10.5. The molecule has 0 unspecified atom stereocenters. The van der Waals surface area contributed by atoms with E-state index in [9.17, 15) is 4.79 Å². The standard InChI is InChI=1S/C13H16N4O/c18-9-14-13-11-7-10(3-4-12(11)15-16-13)8-17-5-1-2-6-17/h3-4,7,9H,1-2,5-6,8H2,(H2,14,15,16,18). The number of nitrogens with zero attached hydrogens (tertiary/aromatic N) is 2. The van der Waals surface area contributed by atoms with Gasteiger partial charge in [-0.3, -0.25) is 14.8 Å². The van der Waals surface area contributed by atoms with Gasteiger partial charge in [-0.25, -0.2) is 0 Å². The van der Waals surface area contributed by atoms with Crippen LogP contribution in [0.2, 0.25) is 0 Å².